The van der Waals surface area contributed by atoms with Crippen LogP contribution in [0.25, 0.3) is 5.65 Å². The van der Waals surface area contributed by atoms with Crippen LogP contribution in [0.4, 0.5) is 0 Å². The van der Waals surface area contributed by atoms with Gasteiger partial charge in [-0.1, -0.05) is 0 Å². The highest BCUT2D eigenvalue weighted by atomic mass is 16.4. The number of nitrogens with zero attached hydrogens (tertiary/aromatic N) is 2. The predicted octanol–water partition coefficient (Wildman–Crippen LogP) is 0.851. The van der Waals surface area contributed by atoms with Gasteiger partial charge in [0.15, 0.2) is 5.65 Å². The minimum absolute atomic E-state index is 0.562. The minimum Gasteiger partial charge on any atom is -0.481 e. The Balaban J connectivity index is 2.44. The molecule has 0 spiro atoms. The monoisotopic (exact) mass is 179 g/mol. The molecule has 5 nitrogen and oxygen atoms in total. The summed E-state index contributed by atoms with van der Waals surface area (Å²) in [6, 6.07) is 1.79. The third kappa shape index (κ3) is 1.18. The van der Waals surface area contributed by atoms with Gasteiger partial charge in [0.1, 0.15) is 0 Å². The molecule has 1 atom stereocenters. The topological polar surface area (TPSA) is 70.4 Å². The Morgan fingerprint density at radius 3 is 3.15 bits per heavy atom. The summed E-state index contributed by atoms with van der Waals surface area (Å²) < 4.78 is 1.69. The maximum Gasteiger partial charge on any atom is 0.312 e. The van der Waals surface area contributed by atoms with Gasteiger partial charge in [-0.25, -0.2) is 9.50 Å². The zero-order valence-corrected chi connectivity index (χ0v) is 7.06. The van der Waals surface area contributed by atoms with Crippen LogP contribution in [0, 0.1) is 0 Å². The Labute approximate surface area is 74.0 Å². The summed E-state index contributed by atoms with van der Waals surface area (Å²) in [7, 11) is 0. The molecule has 2 heterocycles. The van der Waals surface area contributed by atoms with E-state index in [9.17, 15) is 4.79 Å². The first kappa shape index (κ1) is 7.85. The number of H-pyrrole nitrogens is 1. The van der Waals surface area contributed by atoms with E-state index in [-0.39, 0.29) is 0 Å². The van der Waals surface area contributed by atoms with Crippen LogP contribution in [0.2, 0.25) is 0 Å². The molecule has 2 rings (SSSR count). The molecule has 0 aliphatic heterocycles. The Morgan fingerprint density at radius 1 is 1.77 bits per heavy atom. The zero-order valence-electron chi connectivity index (χ0n) is 7.06. The summed E-state index contributed by atoms with van der Waals surface area (Å²) in [6.45, 7) is 1.62. The van der Waals surface area contributed by atoms with Crippen LogP contribution >= 0.6 is 0 Å². The van der Waals surface area contributed by atoms with Crippen LogP contribution in [0.15, 0.2) is 18.5 Å². The number of carbonyl (C=O) groups is 1. The Hall–Kier alpha value is -1.78. The van der Waals surface area contributed by atoms with Crippen molar-refractivity contribution >= 4 is 11.6 Å². The third-order valence-electron chi connectivity index (χ3n) is 2.01. The van der Waals surface area contributed by atoms with Crippen molar-refractivity contribution in [3.8, 4) is 0 Å². The fourth-order valence-electron chi connectivity index (χ4n) is 1.16. The number of hydrogen-bond acceptors (Lipinski definition) is 2. The predicted molar refractivity (Wildman–Crippen MR) is 45.6 cm³/mol. The number of carboxylic acids is 1. The van der Waals surface area contributed by atoms with Gasteiger partial charge in [0.25, 0.3) is 0 Å². The number of imidazole rings is 1. The van der Waals surface area contributed by atoms with Crippen molar-refractivity contribution in [2.75, 3.05) is 0 Å². The molecule has 13 heavy (non-hydrogen) atoms. The summed E-state index contributed by atoms with van der Waals surface area (Å²) in [5, 5.41) is 11.6. The van der Waals surface area contributed by atoms with Gasteiger partial charge in [-0.15, -0.1) is 0 Å². The molecule has 2 aromatic heterocycles. The molecule has 0 aliphatic rings. The van der Waals surface area contributed by atoms with Crippen LogP contribution < -0.4 is 0 Å². The van der Waals surface area contributed by atoms with Gasteiger partial charge in [-0.3, -0.25) is 4.79 Å². The quantitative estimate of drug-likeness (QED) is 0.718. The van der Waals surface area contributed by atoms with Crippen LogP contribution in [0.5, 0.6) is 0 Å². The molecule has 2 N–H and O–H groups in total. The van der Waals surface area contributed by atoms with Gasteiger partial charge < -0.3 is 10.2 Å². The lowest BCUT2D eigenvalue weighted by atomic mass is 10.1. The number of aliphatic carboxylic acids is 1. The highest BCUT2D eigenvalue weighted by Crippen LogP contribution is 2.14. The maximum absolute atomic E-state index is 10.6. The van der Waals surface area contributed by atoms with Gasteiger partial charge in [0, 0.05) is 12.3 Å². The number of hydrogen-bond donors (Lipinski definition) is 2. The van der Waals surface area contributed by atoms with Crippen molar-refractivity contribution in [2.45, 2.75) is 12.8 Å². The number of rotatable bonds is 2. The summed E-state index contributed by atoms with van der Waals surface area (Å²) in [6.07, 6.45) is 3.44. The second kappa shape index (κ2) is 2.62. The molecular weight excluding hydrogens is 170 g/mol. The van der Waals surface area contributed by atoms with Crippen molar-refractivity contribution in [2.24, 2.45) is 0 Å². The first-order chi connectivity index (χ1) is 6.18. The van der Waals surface area contributed by atoms with E-state index >= 15 is 0 Å². The van der Waals surface area contributed by atoms with Gasteiger partial charge in [0.05, 0.1) is 17.8 Å². The highest BCUT2D eigenvalue weighted by molar-refractivity contribution is 5.75. The van der Waals surface area contributed by atoms with E-state index in [1.54, 1.807) is 29.9 Å². The fourth-order valence-corrected chi connectivity index (χ4v) is 1.16. The third-order valence-corrected chi connectivity index (χ3v) is 2.01. The first-order valence-electron chi connectivity index (χ1n) is 3.93. The Bertz CT molecular complexity index is 414. The molecule has 0 radical (unpaired) electrons. The molecular formula is C8H9N3O2. The van der Waals surface area contributed by atoms with Gasteiger partial charge in [-0.05, 0) is 6.92 Å². The average Bonchev–Trinajstić information content (AvgIpc) is 2.59. The molecule has 0 aromatic carbocycles. The fraction of sp³-hybridized carbons (Fsp3) is 0.250. The van der Waals surface area contributed by atoms with Crippen LogP contribution in [0.3, 0.4) is 0 Å². The van der Waals surface area contributed by atoms with E-state index in [4.69, 9.17) is 5.11 Å². The SMILES string of the molecule is CC(C(=O)O)c1cn2[nH]ccc2n1. The van der Waals surface area contributed by atoms with Crippen molar-refractivity contribution in [1.82, 2.24) is 14.6 Å². The second-order valence-electron chi connectivity index (χ2n) is 2.92. The van der Waals surface area contributed by atoms with Gasteiger partial charge in [-0.2, -0.15) is 0 Å². The van der Waals surface area contributed by atoms with Gasteiger partial charge >= 0.3 is 5.97 Å². The summed E-state index contributed by atoms with van der Waals surface area (Å²) in [4.78, 5) is 14.8. The van der Waals surface area contributed by atoms with Crippen molar-refractivity contribution in [1.29, 1.82) is 0 Å². The van der Waals surface area contributed by atoms with E-state index < -0.39 is 11.9 Å². The Kier molecular flexibility index (Phi) is 1.58. The minimum atomic E-state index is -0.860. The summed E-state index contributed by atoms with van der Waals surface area (Å²) in [5.74, 6) is -1.42. The molecule has 0 saturated carbocycles. The molecule has 0 saturated heterocycles. The first-order valence-corrected chi connectivity index (χ1v) is 3.93. The lowest BCUT2D eigenvalue weighted by Gasteiger charge is -1.98. The van der Waals surface area contributed by atoms with Crippen molar-refractivity contribution in [3.05, 3.63) is 24.2 Å². The van der Waals surface area contributed by atoms with Crippen molar-refractivity contribution in [3.63, 3.8) is 0 Å². The molecule has 5 heteroatoms. The Morgan fingerprint density at radius 2 is 2.54 bits per heavy atom. The number of nitrogens with one attached hydrogen (secondary N) is 1. The van der Waals surface area contributed by atoms with Crippen LogP contribution in [0.1, 0.15) is 18.5 Å². The summed E-state index contributed by atoms with van der Waals surface area (Å²) >= 11 is 0. The molecule has 68 valence electrons. The normalized spacial score (nSPS) is 13.3. The second-order valence-corrected chi connectivity index (χ2v) is 2.92. The smallest absolute Gasteiger partial charge is 0.312 e. The van der Waals surface area contributed by atoms with E-state index in [0.29, 0.717) is 5.69 Å². The largest absolute Gasteiger partial charge is 0.481 e. The van der Waals surface area contributed by atoms with Crippen LogP contribution in [-0.2, 0) is 4.79 Å². The average molecular weight is 179 g/mol. The lowest BCUT2D eigenvalue weighted by Crippen LogP contribution is -2.07. The number of aromatic amines is 1. The van der Waals surface area contributed by atoms with Crippen molar-refractivity contribution < 1.29 is 9.90 Å². The van der Waals surface area contributed by atoms with E-state index in [1.807, 2.05) is 0 Å². The molecule has 0 bridgehead atoms. The molecule has 1 unspecified atom stereocenters. The van der Waals surface area contributed by atoms with Crippen LogP contribution in [-0.4, -0.2) is 25.7 Å². The van der Waals surface area contributed by atoms with E-state index in [0.717, 1.165) is 5.65 Å². The van der Waals surface area contributed by atoms with Gasteiger partial charge in [0.2, 0.25) is 0 Å². The number of carboxylic acid groups (broad SMARTS) is 1. The molecule has 0 aliphatic carbocycles. The lowest BCUT2D eigenvalue weighted by molar-refractivity contribution is -0.138. The molecule has 0 amide bonds. The number of fused-ring (bicyclic) bond motifs is 1. The zero-order chi connectivity index (χ0) is 9.42. The van der Waals surface area contributed by atoms with E-state index in [2.05, 4.69) is 10.1 Å². The molecule has 0 fully saturated rings. The number of aromatic nitrogens is 3. The highest BCUT2D eigenvalue weighted by Gasteiger charge is 2.17. The standard InChI is InChI=1S/C8H9N3O2/c1-5(8(12)13)6-4-11-7(10-6)2-3-9-11/h2-5,9H,1H3,(H,12,13). The summed E-state index contributed by atoms with van der Waals surface area (Å²) in [5.41, 5.74) is 1.31. The molecule has 2 aromatic rings. The maximum atomic E-state index is 10.6. The van der Waals surface area contributed by atoms with E-state index in [1.165, 1.54) is 0 Å².